The molecule has 0 amide bonds. The normalized spacial score (nSPS) is 23.3. The van der Waals surface area contributed by atoms with Crippen molar-refractivity contribution < 1.29 is 9.90 Å². The lowest BCUT2D eigenvalue weighted by molar-refractivity contribution is 0.0690. The number of aromatic nitrogens is 2. The van der Waals surface area contributed by atoms with Crippen LogP contribution in [-0.4, -0.2) is 26.3 Å². The molecule has 1 saturated carbocycles. The van der Waals surface area contributed by atoms with Gasteiger partial charge in [-0.3, -0.25) is 0 Å². The highest BCUT2D eigenvalue weighted by atomic mass is 32.2. The summed E-state index contributed by atoms with van der Waals surface area (Å²) < 4.78 is 0. The van der Waals surface area contributed by atoms with Crippen molar-refractivity contribution in [2.24, 2.45) is 5.92 Å². The number of aromatic carboxylic acids is 1. The zero-order chi connectivity index (χ0) is 14.0. The number of thioether (sulfide) groups is 1. The molecular formula is C13H18N2O3S. The molecule has 1 heterocycles. The Morgan fingerprint density at radius 3 is 2.84 bits per heavy atom. The molecule has 104 valence electrons. The largest absolute Gasteiger partial charge is 0.478 e. The summed E-state index contributed by atoms with van der Waals surface area (Å²) in [6.45, 7) is 3.81. The van der Waals surface area contributed by atoms with Gasteiger partial charge in [0.2, 0.25) is 0 Å². The molecule has 2 rings (SSSR count). The number of H-pyrrole nitrogens is 1. The van der Waals surface area contributed by atoms with Gasteiger partial charge in [0.15, 0.2) is 0 Å². The molecule has 0 bridgehead atoms. The molecule has 0 aliphatic heterocycles. The summed E-state index contributed by atoms with van der Waals surface area (Å²) in [5.41, 5.74) is 0.0237. The maximum atomic E-state index is 11.4. The number of carboxylic acid groups (broad SMARTS) is 1. The molecule has 0 radical (unpaired) electrons. The molecule has 0 spiro atoms. The van der Waals surface area contributed by atoms with Crippen molar-refractivity contribution in [3.8, 4) is 0 Å². The predicted molar refractivity (Wildman–Crippen MR) is 73.8 cm³/mol. The Labute approximate surface area is 115 Å². The first-order chi connectivity index (χ1) is 8.97. The average molecular weight is 282 g/mol. The topological polar surface area (TPSA) is 83.0 Å². The van der Waals surface area contributed by atoms with Crippen molar-refractivity contribution in [2.75, 3.05) is 0 Å². The van der Waals surface area contributed by atoms with Gasteiger partial charge >= 0.3 is 11.7 Å². The summed E-state index contributed by atoms with van der Waals surface area (Å²) in [6, 6.07) is 0. The van der Waals surface area contributed by atoms with Crippen LogP contribution in [0.15, 0.2) is 9.82 Å². The van der Waals surface area contributed by atoms with Crippen molar-refractivity contribution in [3.05, 3.63) is 21.7 Å². The van der Waals surface area contributed by atoms with Gasteiger partial charge < -0.3 is 10.1 Å². The molecule has 2 unspecified atom stereocenters. The third kappa shape index (κ3) is 3.37. The summed E-state index contributed by atoms with van der Waals surface area (Å²) in [5, 5.41) is 9.95. The Kier molecular flexibility index (Phi) is 4.29. The number of carboxylic acids is 1. The zero-order valence-corrected chi connectivity index (χ0v) is 11.9. The quantitative estimate of drug-likeness (QED) is 0.832. The lowest BCUT2D eigenvalue weighted by atomic mass is 9.91. The third-order valence-corrected chi connectivity index (χ3v) is 4.75. The molecule has 1 aliphatic carbocycles. The fraction of sp³-hybridized carbons (Fsp3) is 0.615. The fourth-order valence-electron chi connectivity index (χ4n) is 2.54. The van der Waals surface area contributed by atoms with Crippen molar-refractivity contribution in [1.82, 2.24) is 9.97 Å². The summed E-state index contributed by atoms with van der Waals surface area (Å²) in [6.07, 6.45) is 4.49. The Bertz CT molecular complexity index is 541. The van der Waals surface area contributed by atoms with E-state index in [-0.39, 0.29) is 5.56 Å². The van der Waals surface area contributed by atoms with Crippen LogP contribution >= 0.6 is 11.8 Å². The maximum Gasteiger partial charge on any atom is 0.346 e. The van der Waals surface area contributed by atoms with Gasteiger partial charge in [0, 0.05) is 10.9 Å². The number of aromatic amines is 1. The van der Waals surface area contributed by atoms with Crippen molar-refractivity contribution in [1.29, 1.82) is 0 Å². The monoisotopic (exact) mass is 282 g/mol. The highest BCUT2D eigenvalue weighted by Crippen LogP contribution is 2.36. The van der Waals surface area contributed by atoms with E-state index in [0.717, 1.165) is 19.3 Å². The first-order valence-electron chi connectivity index (χ1n) is 6.48. The van der Waals surface area contributed by atoms with Crippen molar-refractivity contribution in [3.63, 3.8) is 0 Å². The molecule has 5 nitrogen and oxygen atoms in total. The Morgan fingerprint density at radius 2 is 2.21 bits per heavy atom. The van der Waals surface area contributed by atoms with Gasteiger partial charge in [0.05, 0.1) is 0 Å². The highest BCUT2D eigenvalue weighted by Gasteiger charge is 2.24. The van der Waals surface area contributed by atoms with Gasteiger partial charge in [-0.2, -0.15) is 4.98 Å². The van der Waals surface area contributed by atoms with Crippen LogP contribution in [0.5, 0.6) is 0 Å². The van der Waals surface area contributed by atoms with Gasteiger partial charge in [0.1, 0.15) is 10.6 Å². The number of carbonyl (C=O) groups is 1. The smallest absolute Gasteiger partial charge is 0.346 e. The first-order valence-corrected chi connectivity index (χ1v) is 7.36. The SMILES string of the molecule is Cc1[nH]c(=O)nc(SC2CCCC(C)C2)c1C(=O)O. The van der Waals surface area contributed by atoms with Crippen LogP contribution in [0, 0.1) is 12.8 Å². The van der Waals surface area contributed by atoms with E-state index in [1.165, 1.54) is 18.2 Å². The summed E-state index contributed by atoms with van der Waals surface area (Å²) in [4.78, 5) is 29.0. The number of aryl methyl sites for hydroxylation is 1. The summed E-state index contributed by atoms with van der Waals surface area (Å²) in [7, 11) is 0. The van der Waals surface area contributed by atoms with Gasteiger partial charge in [0.25, 0.3) is 0 Å². The van der Waals surface area contributed by atoms with E-state index in [0.29, 0.717) is 21.9 Å². The maximum absolute atomic E-state index is 11.4. The minimum atomic E-state index is -1.03. The predicted octanol–water partition coefficient (Wildman–Crippen LogP) is 2.45. The van der Waals surface area contributed by atoms with Crippen LogP contribution in [0.2, 0.25) is 0 Å². The molecule has 2 atom stereocenters. The third-order valence-electron chi connectivity index (χ3n) is 3.47. The number of rotatable bonds is 3. The summed E-state index contributed by atoms with van der Waals surface area (Å²) >= 11 is 1.44. The molecule has 19 heavy (non-hydrogen) atoms. The molecule has 6 heteroatoms. The Morgan fingerprint density at radius 1 is 1.47 bits per heavy atom. The van der Waals surface area contributed by atoms with Crippen LogP contribution in [-0.2, 0) is 0 Å². The molecule has 0 aromatic carbocycles. The van der Waals surface area contributed by atoms with E-state index in [9.17, 15) is 14.7 Å². The van der Waals surface area contributed by atoms with Crippen LogP contribution in [0.4, 0.5) is 0 Å². The molecule has 1 fully saturated rings. The molecule has 1 aliphatic rings. The van der Waals surface area contributed by atoms with Crippen molar-refractivity contribution in [2.45, 2.75) is 49.8 Å². The van der Waals surface area contributed by atoms with Crippen LogP contribution in [0.3, 0.4) is 0 Å². The van der Waals surface area contributed by atoms with E-state index in [1.54, 1.807) is 6.92 Å². The zero-order valence-electron chi connectivity index (χ0n) is 11.1. The molecule has 0 saturated heterocycles. The van der Waals surface area contributed by atoms with Gasteiger partial charge in [-0.1, -0.05) is 19.8 Å². The van der Waals surface area contributed by atoms with E-state index in [1.807, 2.05) is 0 Å². The first kappa shape index (κ1) is 14.1. The average Bonchev–Trinajstić information content (AvgIpc) is 2.26. The van der Waals surface area contributed by atoms with E-state index in [4.69, 9.17) is 0 Å². The number of hydrogen-bond donors (Lipinski definition) is 2. The minimum absolute atomic E-state index is 0.128. The Balaban J connectivity index is 2.28. The number of nitrogens with zero attached hydrogens (tertiary/aromatic N) is 1. The van der Waals surface area contributed by atoms with Crippen LogP contribution in [0.1, 0.15) is 48.7 Å². The standard InChI is InChI=1S/C13H18N2O3S/c1-7-4-3-5-9(6-7)19-11-10(12(16)17)8(2)14-13(18)15-11/h7,9H,3-6H2,1-2H3,(H,16,17)(H,14,15,18). The van der Waals surface area contributed by atoms with E-state index >= 15 is 0 Å². The van der Waals surface area contributed by atoms with E-state index in [2.05, 4.69) is 16.9 Å². The highest BCUT2D eigenvalue weighted by molar-refractivity contribution is 7.99. The number of hydrogen-bond acceptors (Lipinski definition) is 4. The molecular weight excluding hydrogens is 264 g/mol. The second-order valence-electron chi connectivity index (χ2n) is 5.16. The van der Waals surface area contributed by atoms with Gasteiger partial charge in [-0.25, -0.2) is 9.59 Å². The molecule has 1 aromatic heterocycles. The van der Waals surface area contributed by atoms with Crippen molar-refractivity contribution >= 4 is 17.7 Å². The van der Waals surface area contributed by atoms with Gasteiger partial charge in [-0.05, 0) is 25.7 Å². The second-order valence-corrected chi connectivity index (χ2v) is 6.45. The molecule has 2 N–H and O–H groups in total. The minimum Gasteiger partial charge on any atom is -0.478 e. The lowest BCUT2D eigenvalue weighted by Gasteiger charge is -2.26. The van der Waals surface area contributed by atoms with Crippen LogP contribution < -0.4 is 5.69 Å². The fourth-order valence-corrected chi connectivity index (χ4v) is 4.06. The Hall–Kier alpha value is -1.30. The van der Waals surface area contributed by atoms with Gasteiger partial charge in [-0.15, -0.1) is 11.8 Å². The number of nitrogens with one attached hydrogen (secondary N) is 1. The summed E-state index contributed by atoms with van der Waals surface area (Å²) in [5.74, 6) is -0.379. The molecule has 1 aromatic rings. The van der Waals surface area contributed by atoms with Crippen LogP contribution in [0.25, 0.3) is 0 Å². The second kappa shape index (κ2) is 5.77. The van der Waals surface area contributed by atoms with E-state index < -0.39 is 11.7 Å². The lowest BCUT2D eigenvalue weighted by Crippen LogP contribution is -2.21.